The number of carbonyl (C=O) groups is 2. The lowest BCUT2D eigenvalue weighted by Crippen LogP contribution is -2.57. The number of hydrogen-bond donors (Lipinski definition) is 1. The quantitative estimate of drug-likeness (QED) is 0.651. The third-order valence-electron chi connectivity index (χ3n) is 6.54. The Morgan fingerprint density at radius 1 is 1.09 bits per heavy atom. The maximum atomic E-state index is 13.4. The molecule has 0 saturated carbocycles. The first-order valence-electron chi connectivity index (χ1n) is 11.7. The van der Waals surface area contributed by atoms with Gasteiger partial charge in [-0.3, -0.25) is 14.5 Å². The maximum absolute atomic E-state index is 13.4. The van der Waals surface area contributed by atoms with Gasteiger partial charge in [-0.1, -0.05) is 29.8 Å². The first kappa shape index (κ1) is 24.2. The molecule has 2 aromatic carbocycles. The van der Waals surface area contributed by atoms with Gasteiger partial charge in [-0.2, -0.15) is 0 Å². The third-order valence-corrected chi connectivity index (χ3v) is 8.35. The average Bonchev–Trinajstić information content (AvgIpc) is 2.82. The number of amides is 2. The number of rotatable bonds is 7. The number of sulfonamides is 1. The molecule has 1 atom stereocenters. The molecule has 1 saturated heterocycles. The summed E-state index contributed by atoms with van der Waals surface area (Å²) < 4.78 is 26.6. The van der Waals surface area contributed by atoms with Gasteiger partial charge in [0.1, 0.15) is 12.6 Å². The van der Waals surface area contributed by atoms with Crippen LogP contribution in [0.5, 0.6) is 0 Å². The number of hydrogen-bond acceptors (Lipinski definition) is 5. The van der Waals surface area contributed by atoms with E-state index in [1.807, 2.05) is 31.2 Å². The van der Waals surface area contributed by atoms with E-state index >= 15 is 0 Å². The second-order valence-electron chi connectivity index (χ2n) is 9.15. The Labute approximate surface area is 201 Å². The highest BCUT2D eigenvalue weighted by Crippen LogP contribution is 2.40. The second kappa shape index (κ2) is 9.76. The first-order valence-corrected chi connectivity index (χ1v) is 13.1. The molecular weight excluding hydrogens is 452 g/mol. The molecule has 8 nitrogen and oxygen atoms in total. The second-order valence-corrected chi connectivity index (χ2v) is 11.3. The number of fused-ring (bicyclic) bond motifs is 3. The van der Waals surface area contributed by atoms with Crippen LogP contribution in [0.3, 0.4) is 0 Å². The van der Waals surface area contributed by atoms with Crippen LogP contribution in [0.15, 0.2) is 47.4 Å². The largest absolute Gasteiger partial charge is 0.358 e. The molecule has 2 aliphatic heterocycles. The number of nitrogens with zero attached hydrogens (tertiary/aromatic N) is 3. The molecule has 1 N–H and O–H groups in total. The van der Waals surface area contributed by atoms with Gasteiger partial charge in [0.2, 0.25) is 21.8 Å². The molecule has 2 aromatic rings. The van der Waals surface area contributed by atoms with E-state index in [2.05, 4.69) is 10.2 Å². The molecule has 0 bridgehead atoms. The van der Waals surface area contributed by atoms with Crippen molar-refractivity contribution in [3.8, 4) is 0 Å². The van der Waals surface area contributed by atoms with Gasteiger partial charge in [-0.15, -0.1) is 0 Å². The van der Waals surface area contributed by atoms with Crippen molar-refractivity contribution in [3.63, 3.8) is 0 Å². The Kier molecular flexibility index (Phi) is 6.95. The summed E-state index contributed by atoms with van der Waals surface area (Å²) in [6.07, 6.45) is 3.34. The number of anilines is 2. The summed E-state index contributed by atoms with van der Waals surface area (Å²) in [6, 6.07) is 12.7. The van der Waals surface area contributed by atoms with Gasteiger partial charge in [0.05, 0.1) is 16.3 Å². The summed E-state index contributed by atoms with van der Waals surface area (Å²) in [7, 11) is -0.737. The van der Waals surface area contributed by atoms with Crippen LogP contribution in [0.4, 0.5) is 11.4 Å². The minimum absolute atomic E-state index is 0.101. The SMILES string of the molecule is Cc1ccc(CCNC(=O)CN2C(=O)[C@H]3CCCCN3c3ccc(S(=O)(=O)N(C)C)cc32)cc1. The van der Waals surface area contributed by atoms with Crippen LogP contribution in [0.25, 0.3) is 0 Å². The molecule has 0 aliphatic carbocycles. The van der Waals surface area contributed by atoms with Crippen LogP contribution < -0.4 is 15.1 Å². The van der Waals surface area contributed by atoms with Crippen LogP contribution in [-0.4, -0.2) is 64.3 Å². The zero-order valence-electron chi connectivity index (χ0n) is 20.0. The summed E-state index contributed by atoms with van der Waals surface area (Å²) in [5.74, 6) is -0.420. The van der Waals surface area contributed by atoms with Crippen molar-refractivity contribution in [3.05, 3.63) is 53.6 Å². The van der Waals surface area contributed by atoms with Crippen LogP contribution in [-0.2, 0) is 26.0 Å². The minimum Gasteiger partial charge on any atom is -0.358 e. The van der Waals surface area contributed by atoms with E-state index in [0.717, 1.165) is 41.4 Å². The molecule has 34 heavy (non-hydrogen) atoms. The lowest BCUT2D eigenvalue weighted by Gasteiger charge is -2.45. The van der Waals surface area contributed by atoms with E-state index in [0.29, 0.717) is 18.7 Å². The molecule has 2 heterocycles. The molecule has 0 unspecified atom stereocenters. The van der Waals surface area contributed by atoms with Gasteiger partial charge in [-0.05, 0) is 56.4 Å². The average molecular weight is 485 g/mol. The number of aryl methyl sites for hydroxylation is 1. The van der Waals surface area contributed by atoms with Gasteiger partial charge in [0.15, 0.2) is 0 Å². The van der Waals surface area contributed by atoms with Crippen LogP contribution in [0, 0.1) is 6.92 Å². The molecule has 2 amide bonds. The smallest absolute Gasteiger partial charge is 0.250 e. The Bertz CT molecular complexity index is 1180. The predicted molar refractivity (Wildman–Crippen MR) is 133 cm³/mol. The molecule has 0 aromatic heterocycles. The maximum Gasteiger partial charge on any atom is 0.250 e. The van der Waals surface area contributed by atoms with Gasteiger partial charge in [0, 0.05) is 27.2 Å². The van der Waals surface area contributed by atoms with Crippen molar-refractivity contribution in [1.82, 2.24) is 9.62 Å². The van der Waals surface area contributed by atoms with E-state index in [1.54, 1.807) is 12.1 Å². The number of carbonyl (C=O) groups excluding carboxylic acids is 2. The zero-order valence-corrected chi connectivity index (χ0v) is 20.8. The molecular formula is C25H32N4O4S. The normalized spacial score (nSPS) is 18.0. The van der Waals surface area contributed by atoms with Crippen molar-refractivity contribution in [1.29, 1.82) is 0 Å². The standard InChI is InChI=1S/C25H32N4O4S/c1-18-7-9-19(10-8-18)13-14-26-24(30)17-29-23-16-20(34(32,33)27(2)3)11-12-21(23)28-15-5-4-6-22(28)25(29)31/h7-12,16,22H,4-6,13-15,17H2,1-3H3,(H,26,30)/t22-/m1/s1. The number of nitrogens with one attached hydrogen (secondary N) is 1. The molecule has 0 radical (unpaired) electrons. The monoisotopic (exact) mass is 484 g/mol. The fourth-order valence-electron chi connectivity index (χ4n) is 4.57. The fourth-order valence-corrected chi connectivity index (χ4v) is 5.49. The zero-order chi connectivity index (χ0) is 24.5. The molecule has 4 rings (SSSR count). The van der Waals surface area contributed by atoms with Crippen LogP contribution >= 0.6 is 0 Å². The minimum atomic E-state index is -3.68. The third kappa shape index (κ3) is 4.81. The van der Waals surface area contributed by atoms with Gasteiger partial charge >= 0.3 is 0 Å². The molecule has 2 aliphatic rings. The Morgan fingerprint density at radius 2 is 1.82 bits per heavy atom. The summed E-state index contributed by atoms with van der Waals surface area (Å²) in [4.78, 5) is 29.9. The Balaban J connectivity index is 1.56. The van der Waals surface area contributed by atoms with E-state index in [9.17, 15) is 18.0 Å². The summed E-state index contributed by atoms with van der Waals surface area (Å²) >= 11 is 0. The van der Waals surface area contributed by atoms with Crippen LogP contribution in [0.2, 0.25) is 0 Å². The van der Waals surface area contributed by atoms with Crippen molar-refractivity contribution < 1.29 is 18.0 Å². The van der Waals surface area contributed by atoms with Gasteiger partial charge in [0.25, 0.3) is 0 Å². The molecule has 9 heteroatoms. The van der Waals surface area contributed by atoms with E-state index in [1.165, 1.54) is 30.6 Å². The summed E-state index contributed by atoms with van der Waals surface area (Å²) in [5.41, 5.74) is 3.58. The molecule has 1 fully saturated rings. The topological polar surface area (TPSA) is 90.0 Å². The highest BCUT2D eigenvalue weighted by molar-refractivity contribution is 7.89. The van der Waals surface area contributed by atoms with E-state index < -0.39 is 10.0 Å². The van der Waals surface area contributed by atoms with Crippen molar-refractivity contribution in [2.45, 2.75) is 43.5 Å². The van der Waals surface area contributed by atoms with Crippen LogP contribution in [0.1, 0.15) is 30.4 Å². The number of piperidine rings is 1. The summed E-state index contributed by atoms with van der Waals surface area (Å²) in [6.45, 7) is 3.08. The predicted octanol–water partition coefficient (Wildman–Crippen LogP) is 2.31. The van der Waals surface area contributed by atoms with E-state index in [4.69, 9.17) is 0 Å². The molecule has 182 valence electrons. The Hall–Kier alpha value is -2.91. The lowest BCUT2D eigenvalue weighted by molar-refractivity contribution is -0.124. The van der Waals surface area contributed by atoms with Crippen molar-refractivity contribution in [2.75, 3.05) is 43.5 Å². The van der Waals surface area contributed by atoms with Gasteiger partial charge in [-0.25, -0.2) is 12.7 Å². The highest BCUT2D eigenvalue weighted by Gasteiger charge is 2.40. The molecule has 0 spiro atoms. The highest BCUT2D eigenvalue weighted by atomic mass is 32.2. The van der Waals surface area contributed by atoms with E-state index in [-0.39, 0.29) is 29.3 Å². The Morgan fingerprint density at radius 3 is 2.53 bits per heavy atom. The van der Waals surface area contributed by atoms with Crippen molar-refractivity contribution >= 4 is 33.2 Å². The first-order chi connectivity index (χ1) is 16.2. The van der Waals surface area contributed by atoms with Gasteiger partial charge < -0.3 is 10.2 Å². The fraction of sp³-hybridized carbons (Fsp3) is 0.440. The number of benzene rings is 2. The van der Waals surface area contributed by atoms with Crippen molar-refractivity contribution in [2.24, 2.45) is 0 Å². The summed E-state index contributed by atoms with van der Waals surface area (Å²) in [5, 5.41) is 2.91. The lowest BCUT2D eigenvalue weighted by atomic mass is 9.96.